The van der Waals surface area contributed by atoms with Gasteiger partial charge in [-0.3, -0.25) is 4.79 Å². The molecule has 8 nitrogen and oxygen atoms in total. The number of hydrogen-bond acceptors (Lipinski definition) is 6. The molecule has 164 valence electrons. The maximum absolute atomic E-state index is 13.1. The molecule has 0 fully saturated rings. The van der Waals surface area contributed by atoms with Gasteiger partial charge in [-0.15, -0.1) is 0 Å². The SMILES string of the molecule is COc1cc(C(=O)Nc2cc(C)nn2-c2cc(C)c3ccccc3n2)cc(OC)c1OC. The second kappa shape index (κ2) is 8.58. The van der Waals surface area contributed by atoms with Crippen molar-refractivity contribution in [3.8, 4) is 23.1 Å². The minimum Gasteiger partial charge on any atom is -0.493 e. The number of aryl methyl sites for hydroxylation is 2. The summed E-state index contributed by atoms with van der Waals surface area (Å²) >= 11 is 0. The number of amides is 1. The van der Waals surface area contributed by atoms with E-state index in [1.807, 2.05) is 44.2 Å². The highest BCUT2D eigenvalue weighted by Crippen LogP contribution is 2.38. The van der Waals surface area contributed by atoms with Gasteiger partial charge in [-0.25, -0.2) is 4.98 Å². The first-order valence-electron chi connectivity index (χ1n) is 10.00. The molecule has 0 atom stereocenters. The van der Waals surface area contributed by atoms with Crippen LogP contribution in [0.15, 0.2) is 48.5 Å². The summed E-state index contributed by atoms with van der Waals surface area (Å²) in [7, 11) is 4.52. The van der Waals surface area contributed by atoms with Crippen LogP contribution in [0.3, 0.4) is 0 Å². The van der Waals surface area contributed by atoms with Crippen molar-refractivity contribution in [2.24, 2.45) is 0 Å². The normalized spacial score (nSPS) is 10.8. The van der Waals surface area contributed by atoms with Crippen LogP contribution in [0.2, 0.25) is 0 Å². The third-order valence-electron chi connectivity index (χ3n) is 5.13. The number of benzene rings is 2. The predicted octanol–water partition coefficient (Wildman–Crippen LogP) is 4.32. The van der Waals surface area contributed by atoms with E-state index in [0.717, 1.165) is 22.2 Å². The van der Waals surface area contributed by atoms with E-state index in [9.17, 15) is 4.79 Å². The van der Waals surface area contributed by atoms with Gasteiger partial charge in [-0.2, -0.15) is 9.78 Å². The van der Waals surface area contributed by atoms with E-state index in [2.05, 4.69) is 10.4 Å². The number of carbonyl (C=O) groups excluding carboxylic acids is 1. The number of pyridine rings is 1. The van der Waals surface area contributed by atoms with Gasteiger partial charge in [0.25, 0.3) is 5.91 Å². The largest absolute Gasteiger partial charge is 0.493 e. The molecule has 0 aliphatic heterocycles. The van der Waals surface area contributed by atoms with Crippen LogP contribution in [0.25, 0.3) is 16.7 Å². The van der Waals surface area contributed by atoms with E-state index >= 15 is 0 Å². The Bertz CT molecular complexity index is 1290. The van der Waals surface area contributed by atoms with Gasteiger partial charge in [-0.1, -0.05) is 18.2 Å². The second-order valence-corrected chi connectivity index (χ2v) is 7.27. The van der Waals surface area contributed by atoms with Crippen molar-refractivity contribution in [2.75, 3.05) is 26.6 Å². The molecule has 0 aliphatic carbocycles. The number of hydrogen-bond donors (Lipinski definition) is 1. The molecular weight excluding hydrogens is 408 g/mol. The first kappa shape index (κ1) is 21.2. The van der Waals surface area contributed by atoms with Crippen molar-refractivity contribution < 1.29 is 19.0 Å². The topological polar surface area (TPSA) is 87.5 Å². The molecule has 1 amide bonds. The van der Waals surface area contributed by atoms with E-state index in [1.54, 1.807) is 22.9 Å². The van der Waals surface area contributed by atoms with E-state index in [1.165, 1.54) is 21.3 Å². The maximum Gasteiger partial charge on any atom is 0.257 e. The minimum atomic E-state index is -0.345. The molecule has 2 aromatic carbocycles. The van der Waals surface area contributed by atoms with Crippen molar-refractivity contribution in [1.82, 2.24) is 14.8 Å². The van der Waals surface area contributed by atoms with Gasteiger partial charge in [0, 0.05) is 17.0 Å². The Balaban J connectivity index is 1.72. The van der Waals surface area contributed by atoms with E-state index in [4.69, 9.17) is 19.2 Å². The number of methoxy groups -OCH3 is 3. The highest BCUT2D eigenvalue weighted by atomic mass is 16.5. The minimum absolute atomic E-state index is 0.345. The monoisotopic (exact) mass is 432 g/mol. The van der Waals surface area contributed by atoms with Gasteiger partial charge < -0.3 is 19.5 Å². The molecule has 0 aliphatic rings. The van der Waals surface area contributed by atoms with Gasteiger partial charge in [-0.05, 0) is 43.7 Å². The summed E-state index contributed by atoms with van der Waals surface area (Å²) in [6.45, 7) is 3.89. The zero-order chi connectivity index (χ0) is 22.8. The highest BCUT2D eigenvalue weighted by Gasteiger charge is 2.19. The summed E-state index contributed by atoms with van der Waals surface area (Å²) in [5.74, 6) is 1.99. The lowest BCUT2D eigenvalue weighted by Gasteiger charge is -2.14. The number of para-hydroxylation sites is 1. The van der Waals surface area contributed by atoms with Gasteiger partial charge in [0.05, 0.1) is 32.5 Å². The molecule has 4 aromatic rings. The first-order valence-corrected chi connectivity index (χ1v) is 10.00. The lowest BCUT2D eigenvalue weighted by Crippen LogP contribution is -2.16. The average Bonchev–Trinajstić information content (AvgIpc) is 3.17. The molecule has 2 heterocycles. The van der Waals surface area contributed by atoms with Crippen molar-refractivity contribution in [3.63, 3.8) is 0 Å². The smallest absolute Gasteiger partial charge is 0.257 e. The number of fused-ring (bicyclic) bond motifs is 1. The molecule has 8 heteroatoms. The number of ether oxygens (including phenoxy) is 3. The van der Waals surface area contributed by atoms with E-state index in [0.29, 0.717) is 34.4 Å². The summed E-state index contributed by atoms with van der Waals surface area (Å²) in [6, 6.07) is 14.9. The summed E-state index contributed by atoms with van der Waals surface area (Å²) in [5.41, 5.74) is 3.03. The van der Waals surface area contributed by atoms with Crippen LogP contribution in [0.4, 0.5) is 5.82 Å². The zero-order valence-corrected chi connectivity index (χ0v) is 18.6. The van der Waals surface area contributed by atoms with Crippen LogP contribution in [0.5, 0.6) is 17.2 Å². The molecule has 0 saturated heterocycles. The summed E-state index contributed by atoms with van der Waals surface area (Å²) in [6.07, 6.45) is 0. The number of nitrogens with zero attached hydrogens (tertiary/aromatic N) is 3. The van der Waals surface area contributed by atoms with Crippen molar-refractivity contribution in [2.45, 2.75) is 13.8 Å². The average molecular weight is 432 g/mol. The van der Waals surface area contributed by atoms with Crippen molar-refractivity contribution in [3.05, 3.63) is 65.4 Å². The van der Waals surface area contributed by atoms with Crippen LogP contribution in [-0.2, 0) is 0 Å². The Labute approximate surface area is 185 Å². The quantitative estimate of drug-likeness (QED) is 0.488. The number of anilines is 1. The standard InChI is InChI=1S/C24H24N4O4/c1-14-10-21(25-18-9-7-6-8-17(14)18)28-22(11-15(2)27-28)26-24(29)16-12-19(30-3)23(32-5)20(13-16)31-4/h6-13H,1-5H3,(H,26,29). The number of rotatable bonds is 6. The van der Waals surface area contributed by atoms with Crippen LogP contribution in [0.1, 0.15) is 21.6 Å². The Kier molecular flexibility index (Phi) is 5.68. The van der Waals surface area contributed by atoms with Gasteiger partial charge in [0.1, 0.15) is 5.82 Å². The molecular formula is C24H24N4O4. The van der Waals surface area contributed by atoms with Crippen LogP contribution < -0.4 is 19.5 Å². The number of aromatic nitrogens is 3. The van der Waals surface area contributed by atoms with E-state index < -0.39 is 0 Å². The molecule has 2 aromatic heterocycles. The molecule has 1 N–H and O–H groups in total. The fourth-order valence-electron chi connectivity index (χ4n) is 3.60. The van der Waals surface area contributed by atoms with Crippen molar-refractivity contribution >= 4 is 22.6 Å². The third-order valence-corrected chi connectivity index (χ3v) is 5.13. The molecule has 0 bridgehead atoms. The second-order valence-electron chi connectivity index (χ2n) is 7.27. The molecule has 32 heavy (non-hydrogen) atoms. The fourth-order valence-corrected chi connectivity index (χ4v) is 3.60. The van der Waals surface area contributed by atoms with Gasteiger partial charge in [0.15, 0.2) is 17.3 Å². The van der Waals surface area contributed by atoms with Crippen LogP contribution >= 0.6 is 0 Å². The Morgan fingerprint density at radius 3 is 2.28 bits per heavy atom. The first-order chi connectivity index (χ1) is 15.4. The van der Waals surface area contributed by atoms with E-state index in [-0.39, 0.29) is 5.91 Å². The zero-order valence-electron chi connectivity index (χ0n) is 18.6. The summed E-state index contributed by atoms with van der Waals surface area (Å²) in [4.78, 5) is 17.8. The lowest BCUT2D eigenvalue weighted by atomic mass is 10.1. The maximum atomic E-state index is 13.1. The highest BCUT2D eigenvalue weighted by molar-refractivity contribution is 6.04. The molecule has 4 rings (SSSR count). The van der Waals surface area contributed by atoms with Crippen LogP contribution in [0, 0.1) is 13.8 Å². The predicted molar refractivity (Wildman–Crippen MR) is 122 cm³/mol. The Hall–Kier alpha value is -4.07. The Morgan fingerprint density at radius 1 is 0.938 bits per heavy atom. The van der Waals surface area contributed by atoms with Crippen LogP contribution in [-0.4, -0.2) is 42.0 Å². The third kappa shape index (κ3) is 3.82. The Morgan fingerprint density at radius 2 is 1.62 bits per heavy atom. The summed E-state index contributed by atoms with van der Waals surface area (Å²) in [5, 5.41) is 8.54. The van der Waals surface area contributed by atoms with Crippen molar-refractivity contribution in [1.29, 1.82) is 0 Å². The molecule has 0 radical (unpaired) electrons. The molecule has 0 unspecified atom stereocenters. The fraction of sp³-hybridized carbons (Fsp3) is 0.208. The lowest BCUT2D eigenvalue weighted by molar-refractivity contribution is 0.102. The van der Waals surface area contributed by atoms with Gasteiger partial charge in [0.2, 0.25) is 5.75 Å². The molecule has 0 spiro atoms. The molecule has 0 saturated carbocycles. The number of nitrogens with one attached hydrogen (secondary N) is 1. The number of carbonyl (C=O) groups is 1. The van der Waals surface area contributed by atoms with Gasteiger partial charge >= 0.3 is 0 Å². The summed E-state index contributed by atoms with van der Waals surface area (Å²) < 4.78 is 17.7.